The summed E-state index contributed by atoms with van der Waals surface area (Å²) in [6.45, 7) is 6.85. The third-order valence-corrected chi connectivity index (χ3v) is 6.23. The molecule has 0 aliphatic rings. The second-order valence-electron chi connectivity index (χ2n) is 9.54. The third-order valence-electron chi connectivity index (χ3n) is 6.23. The molecule has 0 fully saturated rings. The molecule has 0 saturated carbocycles. The fourth-order valence-corrected chi connectivity index (χ4v) is 4.62. The van der Waals surface area contributed by atoms with Crippen molar-refractivity contribution in [3.05, 3.63) is 121 Å². The van der Waals surface area contributed by atoms with Gasteiger partial charge in [-0.3, -0.25) is 0 Å². The van der Waals surface area contributed by atoms with E-state index in [4.69, 9.17) is 0 Å². The minimum Gasteiger partial charge on any atom is -0.355 e. The van der Waals surface area contributed by atoms with Crippen molar-refractivity contribution < 1.29 is 0 Å². The second kappa shape index (κ2) is 8.60. The number of para-hydroxylation sites is 2. The van der Waals surface area contributed by atoms with Crippen molar-refractivity contribution >= 4 is 22.1 Å². The van der Waals surface area contributed by atoms with Gasteiger partial charge in [0.25, 0.3) is 0 Å². The molecule has 0 aromatic heterocycles. The highest BCUT2D eigenvalue weighted by atomic mass is 14.9. The Hall–Kier alpha value is -3.84. The van der Waals surface area contributed by atoms with Crippen LogP contribution in [0.1, 0.15) is 26.3 Å². The molecule has 0 amide bonds. The van der Waals surface area contributed by atoms with E-state index >= 15 is 0 Å². The molecule has 0 aliphatic heterocycles. The number of hydrogen-bond acceptors (Lipinski definition) is 1. The number of hydrogen-bond donors (Lipinski definition) is 1. The summed E-state index contributed by atoms with van der Waals surface area (Å²) in [7, 11) is 0. The SMILES string of the molecule is CC(C)(C)c1ccc(-c2ccccc2Nc2ccccc2-c2ccccc2)c2ccccc12. The number of nitrogens with one attached hydrogen (secondary N) is 1. The highest BCUT2D eigenvalue weighted by Crippen LogP contribution is 2.40. The van der Waals surface area contributed by atoms with E-state index in [1.807, 2.05) is 0 Å². The zero-order valence-electron chi connectivity index (χ0n) is 19.5. The summed E-state index contributed by atoms with van der Waals surface area (Å²) in [6, 6.07) is 41.0. The van der Waals surface area contributed by atoms with E-state index in [2.05, 4.69) is 141 Å². The standard InChI is InChI=1S/C32H29N/c1-32(2,3)29-22-21-26(25-16-7-8-17-27(25)29)28-18-10-12-20-31(28)33-30-19-11-9-15-24(30)23-13-5-4-6-14-23/h4-22,33H,1-3H3. The molecule has 1 heteroatoms. The predicted molar refractivity (Wildman–Crippen MR) is 143 cm³/mol. The molecule has 1 N–H and O–H groups in total. The Morgan fingerprint density at radius 3 is 1.70 bits per heavy atom. The number of fused-ring (bicyclic) bond motifs is 1. The van der Waals surface area contributed by atoms with Gasteiger partial charge < -0.3 is 5.32 Å². The molecule has 33 heavy (non-hydrogen) atoms. The van der Waals surface area contributed by atoms with Gasteiger partial charge in [-0.25, -0.2) is 0 Å². The summed E-state index contributed by atoms with van der Waals surface area (Å²) in [5.74, 6) is 0. The summed E-state index contributed by atoms with van der Waals surface area (Å²) in [5, 5.41) is 6.36. The summed E-state index contributed by atoms with van der Waals surface area (Å²) >= 11 is 0. The third kappa shape index (κ3) is 4.15. The lowest BCUT2D eigenvalue weighted by atomic mass is 9.82. The van der Waals surface area contributed by atoms with E-state index in [1.165, 1.54) is 38.6 Å². The quantitative estimate of drug-likeness (QED) is 0.301. The average molecular weight is 428 g/mol. The van der Waals surface area contributed by atoms with Gasteiger partial charge in [0.05, 0.1) is 0 Å². The molecule has 0 heterocycles. The second-order valence-corrected chi connectivity index (χ2v) is 9.54. The number of benzene rings is 5. The van der Waals surface area contributed by atoms with Gasteiger partial charge in [0.1, 0.15) is 0 Å². The molecule has 0 spiro atoms. The van der Waals surface area contributed by atoms with Crippen molar-refractivity contribution in [1.29, 1.82) is 0 Å². The Bertz CT molecular complexity index is 1410. The molecule has 0 bridgehead atoms. The van der Waals surface area contributed by atoms with Crippen molar-refractivity contribution in [3.63, 3.8) is 0 Å². The van der Waals surface area contributed by atoms with E-state index in [0.717, 1.165) is 11.4 Å². The van der Waals surface area contributed by atoms with Crippen LogP contribution in [0.5, 0.6) is 0 Å². The number of anilines is 2. The first-order chi connectivity index (χ1) is 16.0. The van der Waals surface area contributed by atoms with E-state index < -0.39 is 0 Å². The van der Waals surface area contributed by atoms with Crippen LogP contribution >= 0.6 is 0 Å². The van der Waals surface area contributed by atoms with Crippen molar-refractivity contribution in [3.8, 4) is 22.3 Å². The zero-order chi connectivity index (χ0) is 22.8. The maximum atomic E-state index is 3.75. The van der Waals surface area contributed by atoms with Crippen LogP contribution in [0.15, 0.2) is 115 Å². The van der Waals surface area contributed by atoms with Crippen molar-refractivity contribution in [2.24, 2.45) is 0 Å². The van der Waals surface area contributed by atoms with Gasteiger partial charge in [-0.1, -0.05) is 124 Å². The maximum Gasteiger partial charge on any atom is 0.0464 e. The summed E-state index contributed by atoms with van der Waals surface area (Å²) in [5.41, 5.74) is 8.53. The van der Waals surface area contributed by atoms with Gasteiger partial charge in [-0.15, -0.1) is 0 Å². The monoisotopic (exact) mass is 427 g/mol. The normalized spacial score (nSPS) is 11.5. The van der Waals surface area contributed by atoms with Gasteiger partial charge in [-0.2, -0.15) is 0 Å². The summed E-state index contributed by atoms with van der Waals surface area (Å²) < 4.78 is 0. The van der Waals surface area contributed by atoms with Gasteiger partial charge in [0, 0.05) is 22.5 Å². The van der Waals surface area contributed by atoms with Crippen LogP contribution in [0, 0.1) is 0 Å². The Labute approximate surface area is 196 Å². The largest absolute Gasteiger partial charge is 0.355 e. The van der Waals surface area contributed by atoms with Crippen LogP contribution in [-0.2, 0) is 5.41 Å². The van der Waals surface area contributed by atoms with Gasteiger partial charge >= 0.3 is 0 Å². The van der Waals surface area contributed by atoms with E-state index in [-0.39, 0.29) is 5.41 Å². The van der Waals surface area contributed by atoms with Crippen LogP contribution in [-0.4, -0.2) is 0 Å². The average Bonchev–Trinajstić information content (AvgIpc) is 2.84. The molecule has 162 valence electrons. The van der Waals surface area contributed by atoms with E-state index in [0.29, 0.717) is 0 Å². The Morgan fingerprint density at radius 1 is 0.455 bits per heavy atom. The minimum atomic E-state index is 0.0878. The van der Waals surface area contributed by atoms with Crippen molar-refractivity contribution in [1.82, 2.24) is 0 Å². The van der Waals surface area contributed by atoms with Crippen LogP contribution in [0.4, 0.5) is 11.4 Å². The molecule has 0 unspecified atom stereocenters. The van der Waals surface area contributed by atoms with Gasteiger partial charge in [0.15, 0.2) is 0 Å². The molecule has 5 rings (SSSR count). The lowest BCUT2D eigenvalue weighted by molar-refractivity contribution is 0.596. The van der Waals surface area contributed by atoms with Crippen LogP contribution < -0.4 is 5.32 Å². The minimum absolute atomic E-state index is 0.0878. The van der Waals surface area contributed by atoms with Crippen molar-refractivity contribution in [2.45, 2.75) is 26.2 Å². The lowest BCUT2D eigenvalue weighted by Gasteiger charge is -2.23. The zero-order valence-corrected chi connectivity index (χ0v) is 19.5. The molecule has 0 aliphatic carbocycles. The maximum absolute atomic E-state index is 3.75. The first-order valence-corrected chi connectivity index (χ1v) is 11.6. The van der Waals surface area contributed by atoms with Crippen LogP contribution in [0.2, 0.25) is 0 Å². The fraction of sp³-hybridized carbons (Fsp3) is 0.125. The van der Waals surface area contributed by atoms with Crippen molar-refractivity contribution in [2.75, 3.05) is 5.32 Å². The molecule has 5 aromatic rings. The van der Waals surface area contributed by atoms with Crippen LogP contribution in [0.25, 0.3) is 33.0 Å². The Balaban J connectivity index is 1.64. The molecule has 0 saturated heterocycles. The number of rotatable bonds is 4. The smallest absolute Gasteiger partial charge is 0.0464 e. The highest BCUT2D eigenvalue weighted by molar-refractivity contribution is 6.02. The Kier molecular flexibility index (Phi) is 5.48. The molecular weight excluding hydrogens is 398 g/mol. The molecule has 0 radical (unpaired) electrons. The topological polar surface area (TPSA) is 12.0 Å². The first kappa shape index (κ1) is 21.0. The first-order valence-electron chi connectivity index (χ1n) is 11.6. The lowest BCUT2D eigenvalue weighted by Crippen LogP contribution is -2.11. The molecule has 5 aromatic carbocycles. The predicted octanol–water partition coefficient (Wildman–Crippen LogP) is 9.21. The highest BCUT2D eigenvalue weighted by Gasteiger charge is 2.19. The molecule has 1 nitrogen and oxygen atoms in total. The Morgan fingerprint density at radius 2 is 1.00 bits per heavy atom. The van der Waals surface area contributed by atoms with E-state index in [9.17, 15) is 0 Å². The fourth-order valence-electron chi connectivity index (χ4n) is 4.62. The van der Waals surface area contributed by atoms with Gasteiger partial charge in [0.2, 0.25) is 0 Å². The van der Waals surface area contributed by atoms with Gasteiger partial charge in [-0.05, 0) is 45.0 Å². The van der Waals surface area contributed by atoms with E-state index in [1.54, 1.807) is 0 Å². The summed E-state index contributed by atoms with van der Waals surface area (Å²) in [4.78, 5) is 0. The molecular formula is C32H29N. The van der Waals surface area contributed by atoms with Crippen LogP contribution in [0.3, 0.4) is 0 Å². The molecule has 0 atom stereocenters. The summed E-state index contributed by atoms with van der Waals surface area (Å²) in [6.07, 6.45) is 0.